The fraction of sp³-hybridized carbons (Fsp3) is 0.400. The zero-order valence-electron chi connectivity index (χ0n) is 12.9. The predicted molar refractivity (Wildman–Crippen MR) is 91.4 cm³/mol. The van der Waals surface area contributed by atoms with Crippen LogP contribution in [-0.2, 0) is 6.42 Å². The summed E-state index contributed by atoms with van der Waals surface area (Å²) < 4.78 is 0. The fourth-order valence-electron chi connectivity index (χ4n) is 2.55. The van der Waals surface area contributed by atoms with Crippen molar-refractivity contribution in [3.63, 3.8) is 0 Å². The van der Waals surface area contributed by atoms with Crippen LogP contribution in [0, 0.1) is 21.4 Å². The number of rotatable bonds is 6. The molecular formula is C15H16N6O2S. The van der Waals surface area contributed by atoms with E-state index in [-0.39, 0.29) is 11.3 Å². The molecule has 1 fully saturated rings. The second-order valence-corrected chi connectivity index (χ2v) is 6.29. The molecule has 1 aliphatic heterocycles. The topological polar surface area (TPSA) is 108 Å². The lowest BCUT2D eigenvalue weighted by molar-refractivity contribution is -0.385. The Kier molecular flexibility index (Phi) is 4.86. The average molecular weight is 344 g/mol. The molecule has 0 amide bonds. The standard InChI is InChI=1S/C15H16N6O2S/c16-8-11-7-13(21(22)23)9-18-14(11)17-4-3-12-10-24-15(19-12)20-5-1-2-6-20/h7,9-10H,1-6H2,(H,17,18). The summed E-state index contributed by atoms with van der Waals surface area (Å²) in [6.45, 7) is 2.70. The van der Waals surface area contributed by atoms with Crippen LogP contribution in [0.2, 0.25) is 0 Å². The summed E-state index contributed by atoms with van der Waals surface area (Å²) in [5, 5.41) is 26.0. The summed E-state index contributed by atoms with van der Waals surface area (Å²) >= 11 is 1.65. The Morgan fingerprint density at radius 3 is 2.96 bits per heavy atom. The van der Waals surface area contributed by atoms with Crippen molar-refractivity contribution in [1.82, 2.24) is 9.97 Å². The van der Waals surface area contributed by atoms with Gasteiger partial charge < -0.3 is 10.2 Å². The Balaban J connectivity index is 1.58. The van der Waals surface area contributed by atoms with E-state index in [1.165, 1.54) is 18.9 Å². The van der Waals surface area contributed by atoms with E-state index in [1.807, 2.05) is 11.4 Å². The van der Waals surface area contributed by atoms with Crippen molar-refractivity contribution in [2.24, 2.45) is 0 Å². The Hall–Kier alpha value is -2.73. The van der Waals surface area contributed by atoms with Crippen molar-refractivity contribution in [1.29, 1.82) is 5.26 Å². The first-order valence-corrected chi connectivity index (χ1v) is 8.53. The number of nitro groups is 1. The predicted octanol–water partition coefficient (Wildman–Crippen LogP) is 2.57. The van der Waals surface area contributed by atoms with Gasteiger partial charge in [0.1, 0.15) is 23.6 Å². The van der Waals surface area contributed by atoms with Gasteiger partial charge in [0.05, 0.1) is 10.6 Å². The first-order chi connectivity index (χ1) is 11.7. The molecule has 24 heavy (non-hydrogen) atoms. The van der Waals surface area contributed by atoms with E-state index in [0.717, 1.165) is 30.1 Å². The molecule has 8 nitrogen and oxygen atoms in total. The molecule has 0 bridgehead atoms. The van der Waals surface area contributed by atoms with Gasteiger partial charge in [0.25, 0.3) is 5.69 Å². The molecule has 2 aromatic heterocycles. The molecule has 9 heteroatoms. The van der Waals surface area contributed by atoms with Crippen LogP contribution in [0.3, 0.4) is 0 Å². The van der Waals surface area contributed by atoms with E-state index >= 15 is 0 Å². The summed E-state index contributed by atoms with van der Waals surface area (Å²) in [7, 11) is 0. The molecule has 2 aromatic rings. The number of nitriles is 1. The summed E-state index contributed by atoms with van der Waals surface area (Å²) in [5.74, 6) is 0.359. The molecular weight excluding hydrogens is 328 g/mol. The molecule has 0 aliphatic carbocycles. The molecule has 1 saturated heterocycles. The number of aromatic nitrogens is 2. The van der Waals surface area contributed by atoms with Crippen molar-refractivity contribution >= 4 is 28.0 Å². The van der Waals surface area contributed by atoms with Gasteiger partial charge in [0.15, 0.2) is 5.13 Å². The van der Waals surface area contributed by atoms with E-state index in [2.05, 4.69) is 20.2 Å². The highest BCUT2D eigenvalue weighted by atomic mass is 32.1. The Morgan fingerprint density at radius 2 is 2.25 bits per heavy atom. The highest BCUT2D eigenvalue weighted by Crippen LogP contribution is 2.24. The summed E-state index contributed by atoms with van der Waals surface area (Å²) in [6.07, 6.45) is 4.30. The number of nitrogens with one attached hydrogen (secondary N) is 1. The van der Waals surface area contributed by atoms with Gasteiger partial charge in [-0.05, 0) is 12.8 Å². The van der Waals surface area contributed by atoms with Crippen LogP contribution in [0.1, 0.15) is 24.1 Å². The molecule has 0 unspecified atom stereocenters. The normalized spacial score (nSPS) is 13.7. The van der Waals surface area contributed by atoms with Crippen molar-refractivity contribution < 1.29 is 4.92 Å². The van der Waals surface area contributed by atoms with Crippen LogP contribution >= 0.6 is 11.3 Å². The van der Waals surface area contributed by atoms with Gasteiger partial charge in [-0.15, -0.1) is 11.3 Å². The molecule has 124 valence electrons. The Labute approximate surface area is 142 Å². The lowest BCUT2D eigenvalue weighted by Crippen LogP contribution is -2.17. The average Bonchev–Trinajstić information content (AvgIpc) is 3.26. The maximum atomic E-state index is 10.7. The van der Waals surface area contributed by atoms with Gasteiger partial charge in [-0.2, -0.15) is 5.26 Å². The molecule has 3 heterocycles. The van der Waals surface area contributed by atoms with Crippen molar-refractivity contribution in [3.8, 4) is 6.07 Å². The molecule has 0 aromatic carbocycles. The van der Waals surface area contributed by atoms with Gasteiger partial charge in [-0.1, -0.05) is 0 Å². The van der Waals surface area contributed by atoms with Crippen LogP contribution in [-0.4, -0.2) is 34.5 Å². The van der Waals surface area contributed by atoms with Crippen molar-refractivity contribution in [3.05, 3.63) is 39.0 Å². The van der Waals surface area contributed by atoms with Gasteiger partial charge in [-0.3, -0.25) is 10.1 Å². The van der Waals surface area contributed by atoms with Crippen LogP contribution in [0.25, 0.3) is 0 Å². The SMILES string of the molecule is N#Cc1cc([N+](=O)[O-])cnc1NCCc1csc(N2CCCC2)n1. The van der Waals surface area contributed by atoms with Crippen LogP contribution in [0.4, 0.5) is 16.6 Å². The third kappa shape index (κ3) is 3.60. The minimum Gasteiger partial charge on any atom is -0.369 e. The summed E-state index contributed by atoms with van der Waals surface area (Å²) in [6, 6.07) is 3.16. The number of hydrogen-bond acceptors (Lipinski definition) is 8. The summed E-state index contributed by atoms with van der Waals surface area (Å²) in [5.41, 5.74) is 0.974. The molecule has 0 radical (unpaired) electrons. The van der Waals surface area contributed by atoms with E-state index < -0.39 is 4.92 Å². The Bertz CT molecular complexity index is 779. The van der Waals surface area contributed by atoms with E-state index in [9.17, 15) is 10.1 Å². The van der Waals surface area contributed by atoms with Gasteiger partial charge in [0.2, 0.25) is 0 Å². The van der Waals surface area contributed by atoms with Crippen molar-refractivity contribution in [2.45, 2.75) is 19.3 Å². The molecule has 0 spiro atoms. The first-order valence-electron chi connectivity index (χ1n) is 7.65. The summed E-state index contributed by atoms with van der Waals surface area (Å²) in [4.78, 5) is 21.1. The third-order valence-corrected chi connectivity index (χ3v) is 4.74. The van der Waals surface area contributed by atoms with E-state index in [4.69, 9.17) is 5.26 Å². The third-order valence-electron chi connectivity index (χ3n) is 3.79. The quantitative estimate of drug-likeness (QED) is 0.633. The largest absolute Gasteiger partial charge is 0.369 e. The second kappa shape index (κ2) is 7.23. The number of thiazole rings is 1. The maximum Gasteiger partial charge on any atom is 0.289 e. The highest BCUT2D eigenvalue weighted by molar-refractivity contribution is 7.13. The zero-order chi connectivity index (χ0) is 16.9. The fourth-order valence-corrected chi connectivity index (χ4v) is 3.47. The van der Waals surface area contributed by atoms with Gasteiger partial charge >= 0.3 is 0 Å². The lowest BCUT2D eigenvalue weighted by Gasteiger charge is -2.12. The number of anilines is 2. The smallest absolute Gasteiger partial charge is 0.289 e. The molecule has 1 N–H and O–H groups in total. The van der Waals surface area contributed by atoms with Crippen molar-refractivity contribution in [2.75, 3.05) is 29.9 Å². The zero-order valence-corrected chi connectivity index (χ0v) is 13.8. The number of nitrogens with zero attached hydrogens (tertiary/aromatic N) is 5. The van der Waals surface area contributed by atoms with Crippen LogP contribution in [0.15, 0.2) is 17.6 Å². The first kappa shape index (κ1) is 16.1. The van der Waals surface area contributed by atoms with Crippen LogP contribution in [0.5, 0.6) is 0 Å². The van der Waals surface area contributed by atoms with Crippen LogP contribution < -0.4 is 10.2 Å². The number of pyridine rings is 1. The second-order valence-electron chi connectivity index (χ2n) is 5.45. The minimum atomic E-state index is -0.563. The molecule has 0 atom stereocenters. The monoisotopic (exact) mass is 344 g/mol. The molecule has 1 aliphatic rings. The molecule has 0 saturated carbocycles. The molecule has 3 rings (SSSR count). The minimum absolute atomic E-state index is 0.167. The lowest BCUT2D eigenvalue weighted by atomic mass is 10.2. The van der Waals surface area contributed by atoms with Gasteiger partial charge in [-0.25, -0.2) is 9.97 Å². The van der Waals surface area contributed by atoms with E-state index in [0.29, 0.717) is 18.8 Å². The maximum absolute atomic E-state index is 10.7. The van der Waals surface area contributed by atoms with Gasteiger partial charge in [0, 0.05) is 37.5 Å². The Morgan fingerprint density at radius 1 is 1.46 bits per heavy atom. The number of hydrogen-bond donors (Lipinski definition) is 1. The van der Waals surface area contributed by atoms with E-state index in [1.54, 1.807) is 11.3 Å². The highest BCUT2D eigenvalue weighted by Gasteiger charge is 2.16.